The summed E-state index contributed by atoms with van der Waals surface area (Å²) in [4.78, 5) is 15.9. The molecule has 0 radical (unpaired) electrons. The van der Waals surface area contributed by atoms with Crippen LogP contribution in [-0.2, 0) is 0 Å². The first kappa shape index (κ1) is 32.4. The lowest BCUT2D eigenvalue weighted by molar-refractivity contribution is 1.05. The molecule has 0 aliphatic heterocycles. The summed E-state index contributed by atoms with van der Waals surface area (Å²) in [6, 6.07) is 70.7. The zero-order valence-corrected chi connectivity index (χ0v) is 31.3. The van der Waals surface area contributed by atoms with Crippen molar-refractivity contribution in [1.82, 2.24) is 23.9 Å². The molecule has 4 aromatic heterocycles. The van der Waals surface area contributed by atoms with Crippen molar-refractivity contribution in [2.24, 2.45) is 0 Å². The molecule has 0 saturated heterocycles. The quantitative estimate of drug-likeness (QED) is 0.165. The van der Waals surface area contributed by atoms with Crippen molar-refractivity contribution in [3.8, 4) is 50.7 Å². The van der Waals surface area contributed by atoms with Gasteiger partial charge >= 0.3 is 0 Å². The highest BCUT2D eigenvalue weighted by molar-refractivity contribution is 6.27. The van der Waals surface area contributed by atoms with Crippen LogP contribution in [0.25, 0.3) is 111 Å². The summed E-state index contributed by atoms with van der Waals surface area (Å²) in [5.74, 6) is 1.47. The van der Waals surface area contributed by atoms with Crippen LogP contribution in [0.2, 0.25) is 0 Å². The van der Waals surface area contributed by atoms with Gasteiger partial charge in [0.2, 0.25) is 0 Å². The van der Waals surface area contributed by atoms with E-state index in [0.717, 1.165) is 88.5 Å². The van der Waals surface area contributed by atoms with Gasteiger partial charge in [-0.1, -0.05) is 170 Å². The average molecular weight is 740 g/mol. The molecule has 0 aliphatic rings. The van der Waals surface area contributed by atoms with Gasteiger partial charge < -0.3 is 0 Å². The van der Waals surface area contributed by atoms with Crippen LogP contribution in [-0.4, -0.2) is 23.9 Å². The number of aromatic nitrogens is 5. The summed E-state index contributed by atoms with van der Waals surface area (Å²) < 4.78 is 4.68. The van der Waals surface area contributed by atoms with Crippen LogP contribution in [0.1, 0.15) is 0 Å². The smallest absolute Gasteiger partial charge is 0.162 e. The van der Waals surface area contributed by atoms with Crippen molar-refractivity contribution in [3.63, 3.8) is 0 Å². The zero-order valence-electron chi connectivity index (χ0n) is 31.3. The van der Waals surface area contributed by atoms with E-state index in [-0.39, 0.29) is 0 Å². The van der Waals surface area contributed by atoms with Crippen LogP contribution in [0.15, 0.2) is 200 Å². The number of rotatable bonds is 5. The molecule has 0 spiro atoms. The second-order valence-electron chi connectivity index (χ2n) is 14.8. The molecule has 8 aromatic carbocycles. The maximum absolute atomic E-state index is 5.46. The first-order chi connectivity index (χ1) is 28.8. The van der Waals surface area contributed by atoms with Crippen molar-refractivity contribution < 1.29 is 0 Å². The first-order valence-electron chi connectivity index (χ1n) is 19.6. The molecule has 270 valence electrons. The number of nitrogens with zero attached hydrogens (tertiary/aromatic N) is 5. The summed E-state index contributed by atoms with van der Waals surface area (Å²) in [7, 11) is 0. The minimum absolute atomic E-state index is 0.665. The normalized spacial score (nSPS) is 11.8. The fraction of sp³-hybridized carbons (Fsp3) is 0. The largest absolute Gasteiger partial charge is 0.293 e. The standard InChI is InChI=1S/C53H33N5/c1-3-13-34(14-4-1)36-23-27-38(28-24-36)45-33-49(56-52(54-45)39-29-25-37(26-30-39)35-15-5-2-6-16-35)58-46-21-11-9-17-40(46)42-31-32-48-50(51(42)58)41-18-7-8-19-43(41)53-55-44-20-10-12-22-47(44)57(48)53/h1-33H. The van der Waals surface area contributed by atoms with Gasteiger partial charge in [-0.3, -0.25) is 8.97 Å². The fourth-order valence-corrected chi connectivity index (χ4v) is 8.82. The van der Waals surface area contributed by atoms with Crippen LogP contribution in [0.4, 0.5) is 0 Å². The van der Waals surface area contributed by atoms with Gasteiger partial charge in [0.05, 0.1) is 33.3 Å². The van der Waals surface area contributed by atoms with E-state index in [4.69, 9.17) is 15.0 Å². The van der Waals surface area contributed by atoms with Crippen LogP contribution < -0.4 is 0 Å². The molecule has 5 nitrogen and oxygen atoms in total. The molecule has 12 aromatic rings. The molecule has 12 rings (SSSR count). The molecular weight excluding hydrogens is 707 g/mol. The summed E-state index contributed by atoms with van der Waals surface area (Å²) in [5, 5.41) is 5.74. The number of para-hydroxylation sites is 3. The highest BCUT2D eigenvalue weighted by Gasteiger charge is 2.22. The van der Waals surface area contributed by atoms with Gasteiger partial charge in [-0.05, 0) is 51.9 Å². The lowest BCUT2D eigenvalue weighted by Gasteiger charge is -2.15. The lowest BCUT2D eigenvalue weighted by atomic mass is 10.0. The Balaban J connectivity index is 1.16. The van der Waals surface area contributed by atoms with E-state index in [1.807, 2.05) is 6.07 Å². The second kappa shape index (κ2) is 12.8. The zero-order chi connectivity index (χ0) is 38.2. The maximum Gasteiger partial charge on any atom is 0.162 e. The van der Waals surface area contributed by atoms with Crippen LogP contribution >= 0.6 is 0 Å². The number of fused-ring (bicyclic) bond motifs is 12. The Labute approximate surface area is 333 Å². The Morgan fingerprint density at radius 2 is 0.897 bits per heavy atom. The first-order valence-corrected chi connectivity index (χ1v) is 19.6. The number of imidazole rings is 1. The number of hydrogen-bond donors (Lipinski definition) is 0. The minimum Gasteiger partial charge on any atom is -0.293 e. The number of hydrogen-bond acceptors (Lipinski definition) is 3. The van der Waals surface area contributed by atoms with E-state index >= 15 is 0 Å². The highest BCUT2D eigenvalue weighted by Crippen LogP contribution is 2.42. The van der Waals surface area contributed by atoms with E-state index < -0.39 is 0 Å². The second-order valence-corrected chi connectivity index (χ2v) is 14.8. The van der Waals surface area contributed by atoms with E-state index in [2.05, 4.69) is 203 Å². The van der Waals surface area contributed by atoms with Gasteiger partial charge in [-0.25, -0.2) is 15.0 Å². The van der Waals surface area contributed by atoms with E-state index in [1.165, 1.54) is 16.5 Å². The van der Waals surface area contributed by atoms with Gasteiger partial charge in [0.1, 0.15) is 11.5 Å². The lowest BCUT2D eigenvalue weighted by Crippen LogP contribution is -2.03. The van der Waals surface area contributed by atoms with Crippen molar-refractivity contribution in [3.05, 3.63) is 200 Å². The van der Waals surface area contributed by atoms with Gasteiger partial charge in [-0.15, -0.1) is 0 Å². The fourth-order valence-electron chi connectivity index (χ4n) is 8.82. The molecular formula is C53H33N5. The topological polar surface area (TPSA) is 48.0 Å². The Kier molecular flexibility index (Phi) is 7.16. The van der Waals surface area contributed by atoms with Gasteiger partial charge in [0.25, 0.3) is 0 Å². The average Bonchev–Trinajstić information content (AvgIpc) is 3.86. The molecule has 0 saturated carbocycles. The Morgan fingerprint density at radius 1 is 0.345 bits per heavy atom. The Morgan fingerprint density at radius 3 is 1.60 bits per heavy atom. The Hall–Kier alpha value is -7.89. The van der Waals surface area contributed by atoms with Gasteiger partial charge in [0, 0.05) is 38.7 Å². The SMILES string of the molecule is c1ccc(-c2ccc(-c3cc(-n4c5ccccc5c5ccc6c(c7ccccc7c7nc8ccccc8n67)c54)nc(-c4ccc(-c5ccccc5)cc4)n3)cc2)cc1. The van der Waals surface area contributed by atoms with Crippen molar-refractivity contribution in [1.29, 1.82) is 0 Å². The van der Waals surface area contributed by atoms with Crippen LogP contribution in [0, 0.1) is 0 Å². The third-order valence-corrected chi connectivity index (χ3v) is 11.5. The van der Waals surface area contributed by atoms with E-state index in [0.29, 0.717) is 5.82 Å². The summed E-state index contributed by atoms with van der Waals surface area (Å²) >= 11 is 0. The third-order valence-electron chi connectivity index (χ3n) is 11.5. The molecule has 0 amide bonds. The molecule has 0 atom stereocenters. The molecule has 5 heteroatoms. The Bertz CT molecular complexity index is 3430. The van der Waals surface area contributed by atoms with E-state index in [9.17, 15) is 0 Å². The summed E-state index contributed by atoms with van der Waals surface area (Å²) in [6.07, 6.45) is 0. The third kappa shape index (κ3) is 5.00. The number of benzene rings is 8. The van der Waals surface area contributed by atoms with Crippen LogP contribution in [0.5, 0.6) is 0 Å². The maximum atomic E-state index is 5.46. The van der Waals surface area contributed by atoms with E-state index in [1.54, 1.807) is 0 Å². The predicted octanol–water partition coefficient (Wildman–Crippen LogP) is 13.3. The predicted molar refractivity (Wildman–Crippen MR) is 239 cm³/mol. The van der Waals surface area contributed by atoms with Gasteiger partial charge in [-0.2, -0.15) is 0 Å². The summed E-state index contributed by atoms with van der Waals surface area (Å²) in [6.45, 7) is 0. The summed E-state index contributed by atoms with van der Waals surface area (Å²) in [5.41, 5.74) is 13.8. The molecule has 4 heterocycles. The monoisotopic (exact) mass is 739 g/mol. The van der Waals surface area contributed by atoms with Crippen molar-refractivity contribution >= 4 is 60.2 Å². The molecule has 0 aliphatic carbocycles. The molecule has 0 bridgehead atoms. The molecule has 0 fully saturated rings. The molecule has 0 N–H and O–H groups in total. The van der Waals surface area contributed by atoms with Crippen LogP contribution in [0.3, 0.4) is 0 Å². The number of pyridine rings is 1. The molecule has 0 unspecified atom stereocenters. The van der Waals surface area contributed by atoms with Crippen molar-refractivity contribution in [2.45, 2.75) is 0 Å². The minimum atomic E-state index is 0.665. The van der Waals surface area contributed by atoms with Crippen molar-refractivity contribution in [2.75, 3.05) is 0 Å². The molecule has 58 heavy (non-hydrogen) atoms. The van der Waals surface area contributed by atoms with Gasteiger partial charge in [0.15, 0.2) is 5.82 Å². The highest BCUT2D eigenvalue weighted by atomic mass is 15.1.